The zero-order chi connectivity index (χ0) is 15.1. The minimum absolute atomic E-state index is 0.0636. The number of nitrogens with one attached hydrogen (secondary N) is 2. The lowest BCUT2D eigenvalue weighted by Gasteiger charge is -2.34. The number of hydrogen-bond donors (Lipinski definition) is 4. The Balaban J connectivity index is 2.33. The van der Waals surface area contributed by atoms with Crippen molar-refractivity contribution in [1.29, 1.82) is 0 Å². The zero-order valence-electron chi connectivity index (χ0n) is 11.6. The average molecular weight is 288 g/mol. The van der Waals surface area contributed by atoms with E-state index in [1.807, 2.05) is 13.8 Å². The Bertz CT molecular complexity index is 415. The summed E-state index contributed by atoms with van der Waals surface area (Å²) in [6, 6.07) is -0.637. The molecule has 0 spiro atoms. The van der Waals surface area contributed by atoms with E-state index in [1.165, 1.54) is 7.11 Å². The molecule has 114 valence electrons. The fourth-order valence-electron chi connectivity index (χ4n) is 2.86. The smallest absolute Gasteiger partial charge is 0.322 e. The lowest BCUT2D eigenvalue weighted by molar-refractivity contribution is -0.164. The number of rotatable bonds is 4. The number of amides is 3. The minimum atomic E-state index is -1.40. The van der Waals surface area contributed by atoms with Crippen LogP contribution in [0.2, 0.25) is 0 Å². The van der Waals surface area contributed by atoms with E-state index < -0.39 is 42.1 Å². The summed E-state index contributed by atoms with van der Waals surface area (Å²) in [5.74, 6) is -0.502. The molecule has 2 saturated heterocycles. The molecule has 2 aliphatic heterocycles. The number of carbonyl (C=O) groups excluding carboxylic acids is 2. The van der Waals surface area contributed by atoms with E-state index in [1.54, 1.807) is 0 Å². The Morgan fingerprint density at radius 1 is 1.35 bits per heavy atom. The van der Waals surface area contributed by atoms with Crippen molar-refractivity contribution in [2.75, 3.05) is 7.11 Å². The normalized spacial score (nSPS) is 41.1. The number of carbonyl (C=O) groups is 2. The van der Waals surface area contributed by atoms with E-state index in [9.17, 15) is 19.8 Å². The zero-order valence-corrected chi connectivity index (χ0v) is 11.6. The fraction of sp³-hybridized carbons (Fsp3) is 0.833. The molecule has 0 aromatic rings. The van der Waals surface area contributed by atoms with Crippen LogP contribution in [-0.2, 0) is 14.3 Å². The van der Waals surface area contributed by atoms with Crippen molar-refractivity contribution < 1.29 is 29.3 Å². The van der Waals surface area contributed by atoms with Gasteiger partial charge in [0.05, 0.1) is 0 Å². The van der Waals surface area contributed by atoms with Gasteiger partial charge < -0.3 is 25.0 Å². The Morgan fingerprint density at radius 3 is 2.40 bits per heavy atom. The largest absolute Gasteiger partial charge is 0.387 e. The van der Waals surface area contributed by atoms with Crippen LogP contribution >= 0.6 is 0 Å². The molecule has 0 saturated carbocycles. The summed E-state index contributed by atoms with van der Waals surface area (Å²) in [6.45, 7) is 3.76. The summed E-state index contributed by atoms with van der Waals surface area (Å²) in [5.41, 5.74) is -1.40. The molecule has 0 bridgehead atoms. The van der Waals surface area contributed by atoms with Gasteiger partial charge in [0, 0.05) is 7.11 Å². The molecule has 8 nitrogen and oxygen atoms in total. The molecule has 8 heteroatoms. The highest BCUT2D eigenvalue weighted by Gasteiger charge is 2.60. The van der Waals surface area contributed by atoms with Crippen LogP contribution < -0.4 is 10.6 Å². The molecule has 2 aliphatic rings. The second-order valence-corrected chi connectivity index (χ2v) is 5.62. The van der Waals surface area contributed by atoms with E-state index in [4.69, 9.17) is 9.47 Å². The van der Waals surface area contributed by atoms with E-state index in [-0.39, 0.29) is 12.3 Å². The van der Waals surface area contributed by atoms with Gasteiger partial charge in [-0.05, 0) is 12.3 Å². The SMILES string of the molecule is CO[C@H]1O[C@H]([C@@]2(CC(C)C)NC(=O)NC2=O)[C@H](O)[C@@H]1O. The first-order valence-corrected chi connectivity index (χ1v) is 6.50. The predicted octanol–water partition coefficient (Wildman–Crippen LogP) is -1.30. The van der Waals surface area contributed by atoms with Gasteiger partial charge in [-0.2, -0.15) is 0 Å². The van der Waals surface area contributed by atoms with Crippen molar-refractivity contribution in [2.45, 2.75) is 50.4 Å². The number of hydrogen-bond acceptors (Lipinski definition) is 6. The van der Waals surface area contributed by atoms with Gasteiger partial charge >= 0.3 is 6.03 Å². The second kappa shape index (κ2) is 5.28. The lowest BCUT2D eigenvalue weighted by atomic mass is 9.81. The monoisotopic (exact) mass is 288 g/mol. The maximum Gasteiger partial charge on any atom is 0.322 e. The van der Waals surface area contributed by atoms with Crippen LogP contribution in [-0.4, -0.2) is 59.4 Å². The molecule has 2 rings (SSSR count). The maximum atomic E-state index is 12.2. The van der Waals surface area contributed by atoms with Gasteiger partial charge in [0.15, 0.2) is 6.29 Å². The van der Waals surface area contributed by atoms with Gasteiger partial charge in [-0.15, -0.1) is 0 Å². The van der Waals surface area contributed by atoms with Crippen molar-refractivity contribution in [3.63, 3.8) is 0 Å². The molecule has 0 aliphatic carbocycles. The van der Waals surface area contributed by atoms with Crippen molar-refractivity contribution in [2.24, 2.45) is 5.92 Å². The molecule has 20 heavy (non-hydrogen) atoms. The van der Waals surface area contributed by atoms with Crippen LogP contribution in [0.4, 0.5) is 4.79 Å². The fourth-order valence-corrected chi connectivity index (χ4v) is 2.86. The van der Waals surface area contributed by atoms with Crippen LogP contribution in [0.15, 0.2) is 0 Å². The summed E-state index contributed by atoms with van der Waals surface area (Å²) in [4.78, 5) is 23.6. The van der Waals surface area contributed by atoms with E-state index >= 15 is 0 Å². The summed E-state index contributed by atoms with van der Waals surface area (Å²) in [6.07, 6.45) is -4.45. The van der Waals surface area contributed by atoms with Crippen LogP contribution in [0.5, 0.6) is 0 Å². The Hall–Kier alpha value is -1.22. The highest BCUT2D eigenvalue weighted by Crippen LogP contribution is 2.35. The molecule has 2 heterocycles. The quantitative estimate of drug-likeness (QED) is 0.478. The van der Waals surface area contributed by atoms with Gasteiger partial charge in [-0.3, -0.25) is 10.1 Å². The summed E-state index contributed by atoms with van der Waals surface area (Å²) < 4.78 is 10.4. The summed E-state index contributed by atoms with van der Waals surface area (Å²) in [5, 5.41) is 24.7. The Morgan fingerprint density at radius 2 is 2.00 bits per heavy atom. The summed E-state index contributed by atoms with van der Waals surface area (Å²) >= 11 is 0. The van der Waals surface area contributed by atoms with Crippen LogP contribution in [0, 0.1) is 5.92 Å². The van der Waals surface area contributed by atoms with Gasteiger partial charge in [-0.1, -0.05) is 13.8 Å². The third-order valence-electron chi connectivity index (χ3n) is 3.64. The molecule has 5 atom stereocenters. The highest BCUT2D eigenvalue weighted by atomic mass is 16.7. The highest BCUT2D eigenvalue weighted by molar-refractivity contribution is 6.07. The van der Waals surface area contributed by atoms with Gasteiger partial charge in [0.25, 0.3) is 5.91 Å². The first-order valence-electron chi connectivity index (χ1n) is 6.50. The summed E-state index contributed by atoms with van der Waals surface area (Å²) in [7, 11) is 1.32. The third-order valence-corrected chi connectivity index (χ3v) is 3.64. The average Bonchev–Trinajstić information content (AvgIpc) is 2.79. The van der Waals surface area contributed by atoms with Crippen LogP contribution in [0.25, 0.3) is 0 Å². The molecule has 0 aromatic carbocycles. The van der Waals surface area contributed by atoms with E-state index in [0.29, 0.717) is 0 Å². The predicted molar refractivity (Wildman–Crippen MR) is 66.5 cm³/mol. The molecular formula is C12H20N2O6. The molecule has 0 unspecified atom stereocenters. The van der Waals surface area contributed by atoms with Crippen molar-refractivity contribution in [3.05, 3.63) is 0 Å². The van der Waals surface area contributed by atoms with Crippen LogP contribution in [0.1, 0.15) is 20.3 Å². The van der Waals surface area contributed by atoms with Crippen molar-refractivity contribution in [1.82, 2.24) is 10.6 Å². The number of methoxy groups -OCH3 is 1. The second-order valence-electron chi connectivity index (χ2n) is 5.62. The van der Waals surface area contributed by atoms with Crippen molar-refractivity contribution in [3.8, 4) is 0 Å². The van der Waals surface area contributed by atoms with Crippen molar-refractivity contribution >= 4 is 11.9 Å². The first-order chi connectivity index (χ1) is 9.31. The number of aliphatic hydroxyl groups is 2. The first kappa shape index (κ1) is 15.2. The van der Waals surface area contributed by atoms with E-state index in [0.717, 1.165) is 0 Å². The number of imide groups is 1. The maximum absolute atomic E-state index is 12.2. The molecule has 4 N–H and O–H groups in total. The lowest BCUT2D eigenvalue weighted by Crippen LogP contribution is -2.61. The minimum Gasteiger partial charge on any atom is -0.387 e. The molecule has 3 amide bonds. The van der Waals surface area contributed by atoms with Crippen LogP contribution in [0.3, 0.4) is 0 Å². The van der Waals surface area contributed by atoms with Gasteiger partial charge in [0.1, 0.15) is 23.9 Å². The van der Waals surface area contributed by atoms with Gasteiger partial charge in [0.2, 0.25) is 0 Å². The topological polar surface area (TPSA) is 117 Å². The number of ether oxygens (including phenoxy) is 2. The van der Waals surface area contributed by atoms with E-state index in [2.05, 4.69) is 10.6 Å². The Labute approximate surface area is 116 Å². The molecule has 2 fully saturated rings. The molecule has 0 aromatic heterocycles. The Kier molecular flexibility index (Phi) is 4.01. The molecular weight excluding hydrogens is 268 g/mol. The third kappa shape index (κ3) is 2.28. The standard InChI is InChI=1S/C12H20N2O6/c1-5(2)4-12(10(17)13-11(18)14-12)8-6(15)7(16)9(19-3)20-8/h5-9,15-16H,4H2,1-3H3,(H2,13,14,17,18)/t6-,7+,8+,9+,12-/m1/s1. The molecule has 0 radical (unpaired) electrons. The number of aliphatic hydroxyl groups excluding tert-OH is 2. The number of urea groups is 1. The van der Waals surface area contributed by atoms with Gasteiger partial charge in [-0.25, -0.2) is 4.79 Å².